The largest absolute Gasteiger partial charge is 0.466 e. The standard InChI is InChI=1S/C19H23N3O3/c1-14(23)17-13-16(25-15(17)2)6-7-19(24)22-11-9-21(10-12-22)18-5-3-4-8-20-18/h3-5,8,13H,6-7,9-12H2,1-2H3. The number of piperazine rings is 1. The molecule has 0 radical (unpaired) electrons. The lowest BCUT2D eigenvalue weighted by Crippen LogP contribution is -2.49. The molecule has 3 heterocycles. The number of aryl methyl sites for hydroxylation is 2. The van der Waals surface area contributed by atoms with Crippen molar-refractivity contribution in [3.63, 3.8) is 0 Å². The summed E-state index contributed by atoms with van der Waals surface area (Å²) in [7, 11) is 0. The minimum atomic E-state index is -0.00975. The lowest BCUT2D eigenvalue weighted by Gasteiger charge is -2.35. The van der Waals surface area contributed by atoms with Crippen molar-refractivity contribution in [3.05, 3.63) is 47.5 Å². The second-order valence-corrected chi connectivity index (χ2v) is 6.29. The normalized spacial score (nSPS) is 14.6. The van der Waals surface area contributed by atoms with Gasteiger partial charge in [0.25, 0.3) is 0 Å². The highest BCUT2D eigenvalue weighted by Gasteiger charge is 2.22. The van der Waals surface area contributed by atoms with E-state index in [1.165, 1.54) is 6.92 Å². The number of nitrogens with zero attached hydrogens (tertiary/aromatic N) is 3. The summed E-state index contributed by atoms with van der Waals surface area (Å²) in [6.45, 7) is 6.28. The molecule has 0 spiro atoms. The van der Waals surface area contributed by atoms with E-state index in [9.17, 15) is 9.59 Å². The Morgan fingerprint density at radius 3 is 2.56 bits per heavy atom. The highest BCUT2D eigenvalue weighted by Crippen LogP contribution is 2.18. The first-order chi connectivity index (χ1) is 12.0. The number of carbonyl (C=O) groups is 2. The first kappa shape index (κ1) is 17.2. The van der Waals surface area contributed by atoms with Crippen molar-refractivity contribution in [1.82, 2.24) is 9.88 Å². The summed E-state index contributed by atoms with van der Waals surface area (Å²) in [4.78, 5) is 32.3. The van der Waals surface area contributed by atoms with Gasteiger partial charge in [0.15, 0.2) is 5.78 Å². The van der Waals surface area contributed by atoms with Crippen LogP contribution in [0.2, 0.25) is 0 Å². The van der Waals surface area contributed by atoms with Gasteiger partial charge in [-0.25, -0.2) is 4.98 Å². The van der Waals surface area contributed by atoms with Crippen LogP contribution in [0.4, 0.5) is 5.82 Å². The van der Waals surface area contributed by atoms with Crippen LogP contribution in [0.3, 0.4) is 0 Å². The summed E-state index contributed by atoms with van der Waals surface area (Å²) in [5.74, 6) is 2.39. The first-order valence-electron chi connectivity index (χ1n) is 8.58. The number of furan rings is 1. The number of ketones is 1. The third-order valence-electron chi connectivity index (χ3n) is 4.54. The Labute approximate surface area is 147 Å². The lowest BCUT2D eigenvalue weighted by molar-refractivity contribution is -0.131. The number of pyridine rings is 1. The van der Waals surface area contributed by atoms with Gasteiger partial charge in [0, 0.05) is 45.2 Å². The predicted molar refractivity (Wildman–Crippen MR) is 94.8 cm³/mol. The molecule has 0 aromatic carbocycles. The molecule has 2 aromatic rings. The number of aromatic nitrogens is 1. The van der Waals surface area contributed by atoms with Crippen LogP contribution in [0.1, 0.15) is 35.2 Å². The molecule has 0 N–H and O–H groups in total. The van der Waals surface area contributed by atoms with Crippen LogP contribution < -0.4 is 4.90 Å². The maximum absolute atomic E-state index is 12.4. The summed E-state index contributed by atoms with van der Waals surface area (Å²) in [5, 5.41) is 0. The fourth-order valence-electron chi connectivity index (χ4n) is 3.13. The van der Waals surface area contributed by atoms with Gasteiger partial charge in [-0.05, 0) is 32.0 Å². The number of hydrogen-bond acceptors (Lipinski definition) is 5. The van der Waals surface area contributed by atoms with Crippen molar-refractivity contribution in [2.24, 2.45) is 0 Å². The molecule has 6 heteroatoms. The molecule has 1 amide bonds. The highest BCUT2D eigenvalue weighted by molar-refractivity contribution is 5.95. The molecule has 2 aromatic heterocycles. The van der Waals surface area contributed by atoms with Crippen LogP contribution in [0.15, 0.2) is 34.9 Å². The van der Waals surface area contributed by atoms with Gasteiger partial charge in [-0.3, -0.25) is 9.59 Å². The van der Waals surface area contributed by atoms with Gasteiger partial charge in [-0.15, -0.1) is 0 Å². The van der Waals surface area contributed by atoms with Gasteiger partial charge in [0.1, 0.15) is 17.3 Å². The van der Waals surface area contributed by atoms with Gasteiger partial charge in [-0.2, -0.15) is 0 Å². The zero-order valence-corrected chi connectivity index (χ0v) is 14.7. The number of amides is 1. The van der Waals surface area contributed by atoms with Crippen molar-refractivity contribution in [2.45, 2.75) is 26.7 Å². The van der Waals surface area contributed by atoms with Crippen molar-refractivity contribution in [3.8, 4) is 0 Å². The average molecular weight is 341 g/mol. The number of carbonyl (C=O) groups excluding carboxylic acids is 2. The maximum atomic E-state index is 12.4. The summed E-state index contributed by atoms with van der Waals surface area (Å²) < 4.78 is 5.58. The number of anilines is 1. The van der Waals surface area contributed by atoms with E-state index in [-0.39, 0.29) is 11.7 Å². The Kier molecular flexibility index (Phi) is 5.16. The van der Waals surface area contributed by atoms with Gasteiger partial charge in [0.05, 0.1) is 5.56 Å². The second-order valence-electron chi connectivity index (χ2n) is 6.29. The van der Waals surface area contributed by atoms with Gasteiger partial charge < -0.3 is 14.2 Å². The molecule has 132 valence electrons. The topological polar surface area (TPSA) is 66.7 Å². The SMILES string of the molecule is CC(=O)c1cc(CCC(=O)N2CCN(c3ccccn3)CC2)oc1C. The summed E-state index contributed by atoms with van der Waals surface area (Å²) in [5.41, 5.74) is 0.603. The van der Waals surface area contributed by atoms with Crippen LogP contribution >= 0.6 is 0 Å². The van der Waals surface area contributed by atoms with E-state index < -0.39 is 0 Å². The summed E-state index contributed by atoms with van der Waals surface area (Å²) >= 11 is 0. The molecule has 0 unspecified atom stereocenters. The molecule has 1 aliphatic rings. The van der Waals surface area contributed by atoms with Crippen molar-refractivity contribution >= 4 is 17.5 Å². The van der Waals surface area contributed by atoms with E-state index >= 15 is 0 Å². The fraction of sp³-hybridized carbons (Fsp3) is 0.421. The molecule has 3 rings (SSSR count). The molecule has 1 aliphatic heterocycles. The van der Waals surface area contributed by atoms with Crippen molar-refractivity contribution in [1.29, 1.82) is 0 Å². The molecule has 0 saturated carbocycles. The van der Waals surface area contributed by atoms with Crippen LogP contribution in [-0.2, 0) is 11.2 Å². The first-order valence-corrected chi connectivity index (χ1v) is 8.58. The van der Waals surface area contributed by atoms with E-state index in [1.807, 2.05) is 23.1 Å². The average Bonchev–Trinajstić information content (AvgIpc) is 3.01. The smallest absolute Gasteiger partial charge is 0.223 e. The number of rotatable bonds is 5. The van der Waals surface area contributed by atoms with Gasteiger partial charge >= 0.3 is 0 Å². The summed E-state index contributed by atoms with van der Waals surface area (Å²) in [6, 6.07) is 7.62. The molecule has 1 fully saturated rings. The fourth-order valence-corrected chi connectivity index (χ4v) is 3.13. The minimum absolute atomic E-state index is 0.00975. The Morgan fingerprint density at radius 2 is 1.96 bits per heavy atom. The Hall–Kier alpha value is -2.63. The molecule has 1 saturated heterocycles. The van der Waals surface area contributed by atoms with Gasteiger partial charge in [-0.1, -0.05) is 6.07 Å². The molecular formula is C19H23N3O3. The van der Waals surface area contributed by atoms with Crippen LogP contribution in [0, 0.1) is 6.92 Å². The number of Topliss-reactive ketones (excluding diaryl/α,β-unsaturated/α-hetero) is 1. The van der Waals surface area contributed by atoms with Crippen LogP contribution in [0.5, 0.6) is 0 Å². The molecule has 25 heavy (non-hydrogen) atoms. The number of hydrogen-bond donors (Lipinski definition) is 0. The molecule has 0 bridgehead atoms. The third kappa shape index (κ3) is 4.07. The zero-order chi connectivity index (χ0) is 17.8. The second kappa shape index (κ2) is 7.51. The van der Waals surface area contributed by atoms with Crippen molar-refractivity contribution in [2.75, 3.05) is 31.1 Å². The molecule has 0 atom stereocenters. The van der Waals surface area contributed by atoms with E-state index in [4.69, 9.17) is 4.42 Å². The van der Waals surface area contributed by atoms with E-state index in [2.05, 4.69) is 9.88 Å². The van der Waals surface area contributed by atoms with E-state index in [0.29, 0.717) is 43.0 Å². The van der Waals surface area contributed by atoms with E-state index in [0.717, 1.165) is 18.9 Å². The zero-order valence-electron chi connectivity index (χ0n) is 14.7. The molecule has 6 nitrogen and oxygen atoms in total. The Bertz CT molecular complexity index is 747. The predicted octanol–water partition coefficient (Wildman–Crippen LogP) is 2.47. The quantitative estimate of drug-likeness (QED) is 0.782. The monoisotopic (exact) mass is 341 g/mol. The van der Waals surface area contributed by atoms with Crippen molar-refractivity contribution < 1.29 is 14.0 Å². The van der Waals surface area contributed by atoms with Crippen LogP contribution in [-0.4, -0.2) is 47.8 Å². The Balaban J connectivity index is 1.50. The summed E-state index contributed by atoms with van der Waals surface area (Å²) in [6.07, 6.45) is 2.70. The highest BCUT2D eigenvalue weighted by atomic mass is 16.3. The molecule has 0 aliphatic carbocycles. The van der Waals surface area contributed by atoms with Gasteiger partial charge in [0.2, 0.25) is 5.91 Å². The Morgan fingerprint density at radius 1 is 1.20 bits per heavy atom. The minimum Gasteiger partial charge on any atom is -0.466 e. The molecular weight excluding hydrogens is 318 g/mol. The maximum Gasteiger partial charge on any atom is 0.223 e. The van der Waals surface area contributed by atoms with E-state index in [1.54, 1.807) is 19.2 Å². The third-order valence-corrected chi connectivity index (χ3v) is 4.54. The lowest BCUT2D eigenvalue weighted by atomic mass is 10.1. The van der Waals surface area contributed by atoms with Crippen LogP contribution in [0.25, 0.3) is 0 Å².